The average molecular weight is 345 g/mol. The second-order valence-electron chi connectivity index (χ2n) is 5.82. The van der Waals surface area contributed by atoms with Crippen molar-refractivity contribution in [3.05, 3.63) is 47.1 Å². The van der Waals surface area contributed by atoms with Gasteiger partial charge in [-0.2, -0.15) is 5.10 Å². The summed E-state index contributed by atoms with van der Waals surface area (Å²) in [4.78, 5) is 11.5. The Balaban J connectivity index is 0.00000121. The van der Waals surface area contributed by atoms with Crippen LogP contribution in [0.15, 0.2) is 36.4 Å². The van der Waals surface area contributed by atoms with Crippen LogP contribution in [0.2, 0.25) is 5.02 Å². The first kappa shape index (κ1) is 15.0. The highest BCUT2D eigenvalue weighted by atomic mass is 35.5. The molecule has 3 aromatic rings. The number of rotatable bonds is 4. The molecule has 0 aliphatic carbocycles. The van der Waals surface area contributed by atoms with E-state index in [1.807, 2.05) is 43.3 Å². The van der Waals surface area contributed by atoms with E-state index in [2.05, 4.69) is 25.4 Å². The highest BCUT2D eigenvalue weighted by molar-refractivity contribution is 6.33. The predicted octanol–water partition coefficient (Wildman–Crippen LogP) is 4.27. The molecule has 0 unspecified atom stereocenters. The monoisotopic (exact) mass is 344 g/mol. The molecular formula is C17H21ClN6. The Morgan fingerprint density at radius 3 is 2.67 bits per heavy atom. The Bertz CT molecular complexity index is 881. The summed E-state index contributed by atoms with van der Waals surface area (Å²) in [7, 11) is 0. The van der Waals surface area contributed by atoms with Gasteiger partial charge in [-0.25, -0.2) is 9.97 Å². The lowest BCUT2D eigenvalue weighted by atomic mass is 10.2. The number of nitrogens with one attached hydrogen (secondary N) is 2. The fourth-order valence-electron chi connectivity index (χ4n) is 2.58. The number of halogens is 1. The van der Waals surface area contributed by atoms with Crippen LogP contribution in [0.4, 0.5) is 17.5 Å². The largest absolute Gasteiger partial charge is 0.356 e. The molecule has 1 aliphatic heterocycles. The average Bonchev–Trinajstić information content (AvgIpc) is 2.91. The molecule has 2 aromatic heterocycles. The smallest absolute Gasteiger partial charge is 0.165 e. The van der Waals surface area contributed by atoms with E-state index in [-0.39, 0.29) is 2.85 Å². The summed E-state index contributed by atoms with van der Waals surface area (Å²) in [6.45, 7) is 3.98. The van der Waals surface area contributed by atoms with Gasteiger partial charge in [0.05, 0.1) is 5.02 Å². The molecule has 0 bridgehead atoms. The Kier molecular flexibility index (Phi) is 3.82. The van der Waals surface area contributed by atoms with E-state index in [1.165, 1.54) is 6.42 Å². The molecule has 1 saturated heterocycles. The summed E-state index contributed by atoms with van der Waals surface area (Å²) in [5.41, 5.74) is 1.81. The molecule has 2 N–H and O–H groups in total. The number of aromatic amines is 1. The number of nitrogens with zero attached hydrogens (tertiary/aromatic N) is 4. The van der Waals surface area contributed by atoms with Crippen molar-refractivity contribution in [1.82, 2.24) is 20.2 Å². The van der Waals surface area contributed by atoms with Crippen LogP contribution in [0.3, 0.4) is 0 Å². The van der Waals surface area contributed by atoms with Crippen molar-refractivity contribution >= 4 is 29.1 Å². The molecule has 7 heteroatoms. The maximum Gasteiger partial charge on any atom is 0.165 e. The minimum Gasteiger partial charge on any atom is -0.356 e. The van der Waals surface area contributed by atoms with Crippen LogP contribution < -0.4 is 10.2 Å². The second kappa shape index (κ2) is 6.13. The van der Waals surface area contributed by atoms with Gasteiger partial charge in [0, 0.05) is 39.3 Å². The number of aromatic nitrogens is 4. The van der Waals surface area contributed by atoms with Crippen LogP contribution in [0.5, 0.6) is 0 Å². The SMILES string of the molecule is Cc1cc(Nc2cc(N3CCC3)nc(-c3ccccc3Cl)n2)n[nH]1.[HH].[HH]. The molecule has 6 nitrogen and oxygen atoms in total. The molecule has 0 radical (unpaired) electrons. The van der Waals surface area contributed by atoms with Gasteiger partial charge < -0.3 is 10.2 Å². The lowest BCUT2D eigenvalue weighted by Crippen LogP contribution is -2.37. The Labute approximate surface area is 147 Å². The summed E-state index contributed by atoms with van der Waals surface area (Å²) >= 11 is 6.32. The van der Waals surface area contributed by atoms with Gasteiger partial charge in [-0.3, -0.25) is 5.10 Å². The molecule has 4 rings (SSSR count). The van der Waals surface area contributed by atoms with Crippen molar-refractivity contribution in [3.8, 4) is 11.4 Å². The number of aryl methyl sites for hydroxylation is 1. The Hall–Kier alpha value is -2.60. The highest BCUT2D eigenvalue weighted by Crippen LogP contribution is 2.30. The van der Waals surface area contributed by atoms with Gasteiger partial charge in [0.2, 0.25) is 0 Å². The van der Waals surface area contributed by atoms with Crippen molar-refractivity contribution in [1.29, 1.82) is 0 Å². The van der Waals surface area contributed by atoms with Gasteiger partial charge >= 0.3 is 0 Å². The lowest BCUT2D eigenvalue weighted by Gasteiger charge is -2.32. The second-order valence-corrected chi connectivity index (χ2v) is 6.22. The van der Waals surface area contributed by atoms with E-state index in [4.69, 9.17) is 16.6 Å². The highest BCUT2D eigenvalue weighted by Gasteiger charge is 2.19. The molecule has 0 amide bonds. The summed E-state index contributed by atoms with van der Waals surface area (Å²) in [5, 5.41) is 11.0. The standard InChI is InChI=1S/C17H17ClN6.2H2/c1-11-9-15(23-22-11)19-14-10-16(24-7-4-8-24)21-17(20-14)12-5-2-3-6-13(12)18;;/h2-3,5-6,9-10H,4,7-8H2,1H3,(H2,19,20,21,22,23);2*1H. The molecule has 0 spiro atoms. The Morgan fingerprint density at radius 1 is 1.17 bits per heavy atom. The number of hydrogen-bond donors (Lipinski definition) is 2. The normalized spacial score (nSPS) is 13.7. The van der Waals surface area contributed by atoms with Crippen molar-refractivity contribution in [3.63, 3.8) is 0 Å². The molecule has 1 fully saturated rings. The van der Waals surface area contributed by atoms with E-state index in [0.29, 0.717) is 16.7 Å². The van der Waals surface area contributed by atoms with E-state index >= 15 is 0 Å². The van der Waals surface area contributed by atoms with Gasteiger partial charge in [-0.15, -0.1) is 0 Å². The van der Waals surface area contributed by atoms with Gasteiger partial charge in [0.1, 0.15) is 11.6 Å². The first-order valence-corrected chi connectivity index (χ1v) is 8.25. The lowest BCUT2D eigenvalue weighted by molar-refractivity contribution is 0.609. The zero-order valence-corrected chi connectivity index (χ0v) is 14.0. The topological polar surface area (TPSA) is 69.7 Å². The first-order chi connectivity index (χ1) is 11.7. The van der Waals surface area contributed by atoms with Crippen molar-refractivity contribution < 1.29 is 2.85 Å². The number of benzene rings is 1. The fourth-order valence-corrected chi connectivity index (χ4v) is 2.80. The fraction of sp³-hybridized carbons (Fsp3) is 0.235. The van der Waals surface area contributed by atoms with Crippen LogP contribution in [0, 0.1) is 6.92 Å². The summed E-state index contributed by atoms with van der Waals surface area (Å²) in [6.07, 6.45) is 1.19. The zero-order chi connectivity index (χ0) is 16.5. The molecule has 0 atom stereocenters. The molecule has 1 aromatic carbocycles. The molecule has 1 aliphatic rings. The minimum absolute atomic E-state index is 0. The third kappa shape index (κ3) is 2.92. The van der Waals surface area contributed by atoms with Crippen LogP contribution in [-0.4, -0.2) is 33.3 Å². The third-order valence-corrected chi connectivity index (χ3v) is 4.30. The van der Waals surface area contributed by atoms with E-state index in [9.17, 15) is 0 Å². The van der Waals surface area contributed by atoms with Crippen LogP contribution in [0.1, 0.15) is 15.0 Å². The summed E-state index contributed by atoms with van der Waals surface area (Å²) in [5.74, 6) is 2.94. The maximum absolute atomic E-state index is 6.32. The third-order valence-electron chi connectivity index (χ3n) is 3.97. The first-order valence-electron chi connectivity index (χ1n) is 7.87. The van der Waals surface area contributed by atoms with Crippen LogP contribution >= 0.6 is 11.6 Å². The van der Waals surface area contributed by atoms with Gasteiger partial charge in [0.15, 0.2) is 11.6 Å². The number of hydrogen-bond acceptors (Lipinski definition) is 5. The number of H-pyrrole nitrogens is 1. The molecule has 3 heterocycles. The van der Waals surface area contributed by atoms with Crippen LogP contribution in [-0.2, 0) is 0 Å². The summed E-state index contributed by atoms with van der Waals surface area (Å²) in [6, 6.07) is 11.5. The van der Waals surface area contributed by atoms with Crippen LogP contribution in [0.25, 0.3) is 11.4 Å². The van der Waals surface area contributed by atoms with Gasteiger partial charge in [0.25, 0.3) is 0 Å². The molecular weight excluding hydrogens is 324 g/mol. The van der Waals surface area contributed by atoms with E-state index in [0.717, 1.165) is 36.0 Å². The number of anilines is 3. The molecule has 126 valence electrons. The van der Waals surface area contributed by atoms with Gasteiger partial charge in [-0.1, -0.05) is 23.7 Å². The van der Waals surface area contributed by atoms with Crippen molar-refractivity contribution in [2.24, 2.45) is 0 Å². The maximum atomic E-state index is 6.32. The van der Waals surface area contributed by atoms with E-state index in [1.54, 1.807) is 0 Å². The van der Waals surface area contributed by atoms with Crippen molar-refractivity contribution in [2.45, 2.75) is 13.3 Å². The summed E-state index contributed by atoms with van der Waals surface area (Å²) < 4.78 is 0. The van der Waals surface area contributed by atoms with Gasteiger partial charge in [-0.05, 0) is 25.5 Å². The molecule has 0 saturated carbocycles. The molecule has 24 heavy (non-hydrogen) atoms. The zero-order valence-electron chi connectivity index (χ0n) is 13.3. The predicted molar refractivity (Wildman–Crippen MR) is 100 cm³/mol. The Morgan fingerprint density at radius 2 is 2.00 bits per heavy atom. The van der Waals surface area contributed by atoms with Crippen molar-refractivity contribution in [2.75, 3.05) is 23.3 Å². The van der Waals surface area contributed by atoms with E-state index < -0.39 is 0 Å². The minimum atomic E-state index is 0. The quantitative estimate of drug-likeness (QED) is 0.739.